The van der Waals surface area contributed by atoms with Crippen LogP contribution in [0.1, 0.15) is 6.42 Å². The molecule has 124 valence electrons. The third-order valence-corrected chi connectivity index (χ3v) is 4.50. The Balaban J connectivity index is 0.000000403. The first-order chi connectivity index (χ1) is 10.2. The molecule has 2 rings (SSSR count). The summed E-state index contributed by atoms with van der Waals surface area (Å²) in [5.74, 6) is -1.32. The van der Waals surface area contributed by atoms with Gasteiger partial charge < -0.3 is 0 Å². The predicted octanol–water partition coefficient (Wildman–Crippen LogP) is 1.31. The Morgan fingerprint density at radius 2 is 1.48 bits per heavy atom. The summed E-state index contributed by atoms with van der Waals surface area (Å²) < 4.78 is 56.2. The van der Waals surface area contributed by atoms with E-state index in [0.717, 1.165) is 5.69 Å². The average molecular weight is 389 g/mol. The van der Waals surface area contributed by atoms with Gasteiger partial charge in [-0.2, -0.15) is 16.8 Å². The Bertz CT molecular complexity index is 728. The molecule has 0 fully saturated rings. The maximum absolute atomic E-state index is 10.00. The van der Waals surface area contributed by atoms with Crippen molar-refractivity contribution in [3.63, 3.8) is 0 Å². The van der Waals surface area contributed by atoms with Crippen LogP contribution >= 0.6 is 11.3 Å². The number of rotatable bonds is 5. The second kappa shape index (κ2) is 10.5. The molecule has 23 heavy (non-hydrogen) atoms. The third kappa shape index (κ3) is 11.8. The monoisotopic (exact) mass is 389 g/mol. The van der Waals surface area contributed by atoms with Gasteiger partial charge in [-0.3, -0.25) is 9.11 Å². The van der Waals surface area contributed by atoms with Gasteiger partial charge in [-0.15, -0.1) is 11.3 Å². The number of hydrogen-bond donors (Lipinski definition) is 2. The van der Waals surface area contributed by atoms with Crippen molar-refractivity contribution in [3.8, 4) is 11.3 Å². The Morgan fingerprint density at radius 1 is 0.957 bits per heavy atom. The topological polar surface area (TPSA) is 122 Å². The van der Waals surface area contributed by atoms with E-state index in [4.69, 9.17) is 9.11 Å². The Labute approximate surface area is 161 Å². The Morgan fingerprint density at radius 3 is 1.87 bits per heavy atom. The smallest absolute Gasteiger partial charge is 0.0811 e. The summed E-state index contributed by atoms with van der Waals surface area (Å²) in [6, 6.07) is 10.2. The van der Waals surface area contributed by atoms with E-state index in [2.05, 4.69) is 22.5 Å². The molecule has 11 heteroatoms. The average Bonchev–Trinajstić information content (AvgIpc) is 2.91. The minimum atomic E-state index is -4.12. The molecule has 0 aliphatic carbocycles. The molecule has 0 saturated heterocycles. The van der Waals surface area contributed by atoms with Crippen molar-refractivity contribution < 1.29 is 25.9 Å². The van der Waals surface area contributed by atoms with Crippen molar-refractivity contribution in [3.05, 3.63) is 41.2 Å². The van der Waals surface area contributed by atoms with Crippen LogP contribution in [0.15, 0.2) is 41.2 Å². The van der Waals surface area contributed by atoms with E-state index in [9.17, 15) is 16.8 Å². The van der Waals surface area contributed by atoms with Crippen molar-refractivity contribution in [2.24, 2.45) is 0 Å². The molecule has 2 N–H and O–H groups in total. The van der Waals surface area contributed by atoms with E-state index in [1.54, 1.807) is 11.3 Å². The first-order valence-corrected chi connectivity index (χ1v) is 10.2. The van der Waals surface area contributed by atoms with Crippen molar-refractivity contribution in [2.45, 2.75) is 6.42 Å². The van der Waals surface area contributed by atoms with Crippen LogP contribution in [0.3, 0.4) is 0 Å². The number of benzene rings is 1. The quantitative estimate of drug-likeness (QED) is 0.584. The summed E-state index contributed by atoms with van der Waals surface area (Å²) in [4.78, 5) is 4.20. The molecule has 1 heterocycles. The van der Waals surface area contributed by atoms with Gasteiger partial charge in [0.15, 0.2) is 0 Å². The normalized spacial score (nSPS) is 11.0. The summed E-state index contributed by atoms with van der Waals surface area (Å²) in [5.41, 5.74) is 4.10. The van der Waals surface area contributed by atoms with E-state index >= 15 is 0 Å². The number of thiazole rings is 1. The molecule has 2 aromatic rings. The van der Waals surface area contributed by atoms with Gasteiger partial charge >= 0.3 is 29.6 Å². The molecule has 0 bridgehead atoms. The van der Waals surface area contributed by atoms with Gasteiger partial charge in [0.25, 0.3) is 20.2 Å². The van der Waals surface area contributed by atoms with E-state index in [-0.39, 0.29) is 36.0 Å². The Hall–Kier alpha value is -0.330. The van der Waals surface area contributed by atoms with Crippen molar-refractivity contribution in [2.75, 3.05) is 11.5 Å². The summed E-state index contributed by atoms with van der Waals surface area (Å²) in [7, 11) is -8.24. The van der Waals surface area contributed by atoms with Crippen LogP contribution in [-0.2, 0) is 20.2 Å². The molecule has 1 aromatic heterocycles. The number of aromatic nitrogens is 1. The molecule has 0 saturated carbocycles. The summed E-state index contributed by atoms with van der Waals surface area (Å²) in [6.45, 7) is 0. The molecule has 0 spiro atoms. The summed E-state index contributed by atoms with van der Waals surface area (Å²) in [6.07, 6.45) is -0.308. The zero-order valence-electron chi connectivity index (χ0n) is 11.4. The fraction of sp³-hybridized carbons (Fsp3) is 0.250. The van der Waals surface area contributed by atoms with E-state index in [0.29, 0.717) is 0 Å². The molecule has 0 unspecified atom stereocenters. The largest absolute Gasteiger partial charge is 0.245 e. The van der Waals surface area contributed by atoms with Crippen LogP contribution in [-0.4, -0.2) is 72.0 Å². The fourth-order valence-corrected chi connectivity index (χ4v) is 3.15. The van der Waals surface area contributed by atoms with Gasteiger partial charge in [-0.05, 0) is 6.42 Å². The standard InChI is InChI=1S/C9H7NS.C3H8O6S2.Na.H/c1-2-4-8(5-3-1)9-6-11-7-10-9;4-10(5,6)2-1-3-11(7,8)9;;/h1-7H;1-3H2,(H,4,5,6)(H,7,8,9);;. The number of hydrogen-bond acceptors (Lipinski definition) is 6. The van der Waals surface area contributed by atoms with E-state index < -0.39 is 31.7 Å². The third-order valence-electron chi connectivity index (χ3n) is 2.31. The Kier molecular flexibility index (Phi) is 10.4. The fourth-order valence-electron chi connectivity index (χ4n) is 1.39. The molecule has 0 radical (unpaired) electrons. The minimum absolute atomic E-state index is 0. The van der Waals surface area contributed by atoms with E-state index in [1.165, 1.54) is 5.56 Å². The van der Waals surface area contributed by atoms with Gasteiger partial charge in [-0.25, -0.2) is 4.98 Å². The zero-order valence-corrected chi connectivity index (χ0v) is 13.8. The molecule has 1 aromatic carbocycles. The maximum Gasteiger partial charge on any atom is 0.0811 e. The van der Waals surface area contributed by atoms with Crippen molar-refractivity contribution in [1.82, 2.24) is 4.98 Å². The van der Waals surface area contributed by atoms with Gasteiger partial charge in [-0.1, -0.05) is 30.3 Å². The van der Waals surface area contributed by atoms with E-state index in [1.807, 2.05) is 23.7 Å². The molecule has 0 aliphatic rings. The second-order valence-electron chi connectivity index (χ2n) is 4.17. The van der Waals surface area contributed by atoms with Crippen LogP contribution in [0.4, 0.5) is 0 Å². The summed E-state index contributed by atoms with van der Waals surface area (Å²) in [5, 5.41) is 2.05. The van der Waals surface area contributed by atoms with Crippen molar-refractivity contribution >= 4 is 61.1 Å². The molecule has 0 aliphatic heterocycles. The molecular weight excluding hydrogens is 373 g/mol. The maximum atomic E-state index is 10.00. The van der Waals surface area contributed by atoms with Crippen LogP contribution in [0.25, 0.3) is 11.3 Å². The first-order valence-electron chi connectivity index (χ1n) is 6.01. The van der Waals surface area contributed by atoms with Crippen LogP contribution in [0.2, 0.25) is 0 Å². The molecule has 0 atom stereocenters. The SMILES string of the molecule is O=S(=O)(O)CCCS(=O)(=O)O.[NaH].c1ccc(-c2cscn2)cc1. The molecule has 7 nitrogen and oxygen atoms in total. The van der Waals surface area contributed by atoms with Gasteiger partial charge in [0, 0.05) is 10.9 Å². The summed E-state index contributed by atoms with van der Waals surface area (Å²) >= 11 is 1.62. The van der Waals surface area contributed by atoms with Crippen LogP contribution in [0.5, 0.6) is 0 Å². The van der Waals surface area contributed by atoms with Crippen LogP contribution < -0.4 is 0 Å². The minimum Gasteiger partial charge on any atom is -0.245 e. The zero-order chi connectivity index (χ0) is 16.6. The van der Waals surface area contributed by atoms with Crippen molar-refractivity contribution in [1.29, 1.82) is 0 Å². The predicted molar refractivity (Wildman–Crippen MR) is 92.1 cm³/mol. The van der Waals surface area contributed by atoms with Gasteiger partial charge in [0.1, 0.15) is 0 Å². The number of nitrogens with zero attached hydrogens (tertiary/aromatic N) is 1. The van der Waals surface area contributed by atoms with Crippen LogP contribution in [0, 0.1) is 0 Å². The van der Waals surface area contributed by atoms with Gasteiger partial charge in [0.2, 0.25) is 0 Å². The second-order valence-corrected chi connectivity index (χ2v) is 8.03. The van der Waals surface area contributed by atoms with Gasteiger partial charge in [0.05, 0.1) is 22.7 Å². The first kappa shape index (κ1) is 22.7. The molecular formula is C12H16NNaO6S3. The molecule has 0 amide bonds.